The number of nitrogens with zero attached hydrogens (tertiary/aromatic N) is 2. The van der Waals surface area contributed by atoms with E-state index in [9.17, 15) is 14.7 Å². The van der Waals surface area contributed by atoms with Gasteiger partial charge in [0.2, 0.25) is 5.78 Å². The predicted octanol–water partition coefficient (Wildman–Crippen LogP) is 1.78. The zero-order chi connectivity index (χ0) is 18.8. The van der Waals surface area contributed by atoms with E-state index in [0.717, 1.165) is 13.1 Å². The Morgan fingerprint density at radius 1 is 1.11 bits per heavy atom. The van der Waals surface area contributed by atoms with Gasteiger partial charge in [0.1, 0.15) is 11.8 Å². The van der Waals surface area contributed by atoms with E-state index in [-0.39, 0.29) is 11.3 Å². The van der Waals surface area contributed by atoms with Crippen LogP contribution in [0.5, 0.6) is 0 Å². The maximum absolute atomic E-state index is 12.9. The third kappa shape index (κ3) is 3.29. The van der Waals surface area contributed by atoms with E-state index in [2.05, 4.69) is 4.90 Å². The number of carbonyl (C=O) groups is 2. The molecule has 4 heterocycles. The molecule has 1 amide bonds. The number of ketones is 1. The second kappa shape index (κ2) is 7.42. The summed E-state index contributed by atoms with van der Waals surface area (Å²) in [4.78, 5) is 29.2. The van der Waals surface area contributed by atoms with Gasteiger partial charge < -0.3 is 23.6 Å². The zero-order valence-electron chi connectivity index (χ0n) is 14.7. The van der Waals surface area contributed by atoms with Crippen molar-refractivity contribution in [3.8, 4) is 0 Å². The molecule has 0 bridgehead atoms. The topological polar surface area (TPSA) is 96.4 Å². The van der Waals surface area contributed by atoms with Crippen molar-refractivity contribution in [1.82, 2.24) is 9.80 Å². The molecule has 2 aliphatic rings. The highest BCUT2D eigenvalue weighted by atomic mass is 16.5. The van der Waals surface area contributed by atoms with Crippen molar-refractivity contribution in [3.05, 3.63) is 59.6 Å². The number of Topliss-reactive ketones (excluding diaryl/α,β-unsaturated/α-hetero) is 1. The fourth-order valence-electron chi connectivity index (χ4n) is 3.47. The maximum atomic E-state index is 12.9. The highest BCUT2D eigenvalue weighted by Gasteiger charge is 2.45. The lowest BCUT2D eigenvalue weighted by molar-refractivity contribution is -0.130. The normalized spacial score (nSPS) is 21.3. The lowest BCUT2D eigenvalue weighted by atomic mass is 10.00. The van der Waals surface area contributed by atoms with Crippen molar-refractivity contribution in [2.45, 2.75) is 6.04 Å². The smallest absolute Gasteiger partial charge is 0.290 e. The van der Waals surface area contributed by atoms with Gasteiger partial charge in [-0.25, -0.2) is 0 Å². The Balaban J connectivity index is 1.62. The van der Waals surface area contributed by atoms with Crippen LogP contribution in [-0.4, -0.2) is 66.0 Å². The van der Waals surface area contributed by atoms with Crippen molar-refractivity contribution >= 4 is 11.7 Å². The molecule has 1 fully saturated rings. The van der Waals surface area contributed by atoms with Crippen LogP contribution in [0.1, 0.15) is 22.4 Å². The van der Waals surface area contributed by atoms with Crippen LogP contribution in [0.2, 0.25) is 0 Å². The summed E-state index contributed by atoms with van der Waals surface area (Å²) in [5, 5.41) is 10.5. The highest BCUT2D eigenvalue weighted by Crippen LogP contribution is 2.39. The molecule has 0 aliphatic carbocycles. The fraction of sp³-hybridized carbons (Fsp3) is 0.368. The summed E-state index contributed by atoms with van der Waals surface area (Å²) in [6.07, 6.45) is 2.85. The van der Waals surface area contributed by atoms with Crippen molar-refractivity contribution in [2.75, 3.05) is 39.4 Å². The predicted molar refractivity (Wildman–Crippen MR) is 93.1 cm³/mol. The van der Waals surface area contributed by atoms with Gasteiger partial charge in [0.15, 0.2) is 11.5 Å². The summed E-state index contributed by atoms with van der Waals surface area (Å²) in [6.45, 7) is 3.84. The highest BCUT2D eigenvalue weighted by molar-refractivity contribution is 6.14. The minimum atomic E-state index is -0.786. The van der Waals surface area contributed by atoms with Crippen LogP contribution in [0.15, 0.2) is 57.0 Å². The number of furan rings is 2. The van der Waals surface area contributed by atoms with Crippen LogP contribution >= 0.6 is 0 Å². The van der Waals surface area contributed by atoms with Gasteiger partial charge in [-0.15, -0.1) is 0 Å². The average Bonchev–Trinajstić information content (AvgIpc) is 3.43. The summed E-state index contributed by atoms with van der Waals surface area (Å²) < 4.78 is 16.0. The number of morpholine rings is 1. The number of carbonyl (C=O) groups excluding carboxylic acids is 2. The van der Waals surface area contributed by atoms with Gasteiger partial charge >= 0.3 is 0 Å². The number of hydrogen-bond acceptors (Lipinski definition) is 7. The molecule has 8 heteroatoms. The molecule has 1 saturated heterocycles. The zero-order valence-corrected chi connectivity index (χ0v) is 14.7. The first-order valence-electron chi connectivity index (χ1n) is 8.82. The van der Waals surface area contributed by atoms with Crippen molar-refractivity contribution < 1.29 is 28.3 Å². The second-order valence-corrected chi connectivity index (χ2v) is 6.44. The first-order chi connectivity index (χ1) is 13.2. The molecule has 0 radical (unpaired) electrons. The minimum absolute atomic E-state index is 0.0214. The summed E-state index contributed by atoms with van der Waals surface area (Å²) in [5.74, 6) is -1.18. The van der Waals surface area contributed by atoms with E-state index >= 15 is 0 Å². The monoisotopic (exact) mass is 372 g/mol. The molecule has 2 aliphatic heterocycles. The van der Waals surface area contributed by atoms with E-state index in [1.807, 2.05) is 0 Å². The Morgan fingerprint density at radius 3 is 2.52 bits per heavy atom. The molecule has 1 atom stereocenters. The number of ether oxygens (including phenoxy) is 1. The summed E-state index contributed by atoms with van der Waals surface area (Å²) >= 11 is 0. The molecule has 8 nitrogen and oxygen atoms in total. The van der Waals surface area contributed by atoms with Crippen molar-refractivity contribution in [3.63, 3.8) is 0 Å². The molecule has 1 N–H and O–H groups in total. The SMILES string of the molecule is O=C(C1=C(O)C(=O)N(CCN2CCOCC2)[C@@H]1c1ccco1)c1ccco1. The molecule has 27 heavy (non-hydrogen) atoms. The third-order valence-corrected chi connectivity index (χ3v) is 4.87. The molecular weight excluding hydrogens is 352 g/mol. The number of aliphatic hydroxyl groups is 1. The van der Waals surface area contributed by atoms with E-state index in [0.29, 0.717) is 32.1 Å². The molecule has 0 saturated carbocycles. The van der Waals surface area contributed by atoms with E-state index in [1.165, 1.54) is 23.5 Å². The Kier molecular flexibility index (Phi) is 4.83. The molecular formula is C19H20N2O6. The fourth-order valence-corrected chi connectivity index (χ4v) is 3.47. The van der Waals surface area contributed by atoms with Crippen LogP contribution in [-0.2, 0) is 9.53 Å². The van der Waals surface area contributed by atoms with Gasteiger partial charge in [-0.05, 0) is 24.3 Å². The van der Waals surface area contributed by atoms with Crippen LogP contribution in [0.4, 0.5) is 0 Å². The van der Waals surface area contributed by atoms with Crippen LogP contribution in [0.25, 0.3) is 0 Å². The molecule has 2 aromatic heterocycles. The molecule has 2 aromatic rings. The van der Waals surface area contributed by atoms with Gasteiger partial charge in [-0.3, -0.25) is 14.5 Å². The Morgan fingerprint density at radius 2 is 1.85 bits per heavy atom. The number of rotatable bonds is 6. The largest absolute Gasteiger partial charge is 0.503 e. The first-order valence-corrected chi connectivity index (χ1v) is 8.82. The number of amides is 1. The molecule has 4 rings (SSSR count). The minimum Gasteiger partial charge on any atom is -0.503 e. The van der Waals surface area contributed by atoms with Gasteiger partial charge in [0.05, 0.1) is 31.3 Å². The first kappa shape index (κ1) is 17.6. The van der Waals surface area contributed by atoms with Crippen LogP contribution in [0.3, 0.4) is 0 Å². The van der Waals surface area contributed by atoms with Gasteiger partial charge in [0.25, 0.3) is 5.91 Å². The van der Waals surface area contributed by atoms with Gasteiger partial charge in [-0.1, -0.05) is 0 Å². The van der Waals surface area contributed by atoms with Crippen molar-refractivity contribution in [1.29, 1.82) is 0 Å². The van der Waals surface area contributed by atoms with E-state index in [1.54, 1.807) is 18.2 Å². The Bertz CT molecular complexity index is 834. The van der Waals surface area contributed by atoms with Crippen molar-refractivity contribution in [2.24, 2.45) is 0 Å². The summed E-state index contributed by atoms with van der Waals surface area (Å²) in [5.41, 5.74) is -0.0214. The third-order valence-electron chi connectivity index (χ3n) is 4.87. The molecule has 142 valence electrons. The van der Waals surface area contributed by atoms with E-state index < -0.39 is 23.5 Å². The standard InChI is InChI=1S/C19H20N2O6/c22-17(14-4-2-10-27-14)15-16(13-3-1-9-26-13)21(19(24)18(15)23)6-5-20-7-11-25-12-8-20/h1-4,9-10,16,23H,5-8,11-12H2/t16-/m1/s1. The summed E-state index contributed by atoms with van der Waals surface area (Å²) in [7, 11) is 0. The van der Waals surface area contributed by atoms with E-state index in [4.69, 9.17) is 13.6 Å². The second-order valence-electron chi connectivity index (χ2n) is 6.44. The maximum Gasteiger partial charge on any atom is 0.290 e. The Hall–Kier alpha value is -2.84. The lowest BCUT2D eigenvalue weighted by Crippen LogP contribution is -2.43. The average molecular weight is 372 g/mol. The Labute approximate surface area is 155 Å². The van der Waals surface area contributed by atoms with Crippen LogP contribution < -0.4 is 0 Å². The molecule has 0 spiro atoms. The van der Waals surface area contributed by atoms with Crippen LogP contribution in [0, 0.1) is 0 Å². The van der Waals surface area contributed by atoms with Gasteiger partial charge in [-0.2, -0.15) is 0 Å². The summed E-state index contributed by atoms with van der Waals surface area (Å²) in [6, 6.07) is 5.67. The lowest BCUT2D eigenvalue weighted by Gasteiger charge is -2.30. The number of aliphatic hydroxyl groups excluding tert-OH is 1. The molecule has 0 aromatic carbocycles. The molecule has 0 unspecified atom stereocenters. The number of hydrogen-bond donors (Lipinski definition) is 1. The quantitative estimate of drug-likeness (QED) is 0.772. The van der Waals surface area contributed by atoms with Gasteiger partial charge in [0, 0.05) is 26.2 Å².